The van der Waals surface area contributed by atoms with Crippen LogP contribution in [0.4, 0.5) is 0 Å². The molecule has 0 saturated carbocycles. The van der Waals surface area contributed by atoms with Gasteiger partial charge < -0.3 is 5.41 Å². The van der Waals surface area contributed by atoms with E-state index in [0.29, 0.717) is 5.71 Å². The second-order valence-electron chi connectivity index (χ2n) is 7.58. The Kier molecular flexibility index (Phi) is 3.80. The van der Waals surface area contributed by atoms with Crippen molar-refractivity contribution in [2.24, 2.45) is 5.41 Å². The van der Waals surface area contributed by atoms with Gasteiger partial charge in [-0.05, 0) is 46.2 Å². The fraction of sp³-hybridized carbons (Fsp3) is 0.208. The molecule has 0 unspecified atom stereocenters. The van der Waals surface area contributed by atoms with E-state index in [1.54, 1.807) is 0 Å². The number of rotatable bonds is 4. The zero-order valence-electron chi connectivity index (χ0n) is 14.8. The Morgan fingerprint density at radius 1 is 0.840 bits per heavy atom. The Hall–Kier alpha value is -2.67. The molecule has 25 heavy (non-hydrogen) atoms. The van der Waals surface area contributed by atoms with Crippen molar-refractivity contribution in [2.75, 3.05) is 0 Å². The second-order valence-corrected chi connectivity index (χ2v) is 7.58. The van der Waals surface area contributed by atoms with Crippen LogP contribution in [0.1, 0.15) is 36.1 Å². The summed E-state index contributed by atoms with van der Waals surface area (Å²) in [6.07, 6.45) is 1.90. The van der Waals surface area contributed by atoms with E-state index >= 15 is 0 Å². The van der Waals surface area contributed by atoms with Gasteiger partial charge in [0.05, 0.1) is 0 Å². The van der Waals surface area contributed by atoms with E-state index in [0.717, 1.165) is 18.4 Å². The summed E-state index contributed by atoms with van der Waals surface area (Å²) in [5.74, 6) is 0. The summed E-state index contributed by atoms with van der Waals surface area (Å²) >= 11 is 0. The van der Waals surface area contributed by atoms with Crippen molar-refractivity contribution < 1.29 is 0 Å². The van der Waals surface area contributed by atoms with Crippen LogP contribution in [0.2, 0.25) is 0 Å². The highest BCUT2D eigenvalue weighted by atomic mass is 14.5. The molecule has 0 radical (unpaired) electrons. The SMILES string of the molecule is CC(C)(Cc1cccc2c1Cc1ccccc1-2)C(=N)c1ccccc1. The third-order valence-electron chi connectivity index (χ3n) is 5.32. The molecule has 1 heteroatoms. The molecular weight excluding hydrogens is 302 g/mol. The van der Waals surface area contributed by atoms with Gasteiger partial charge in [0.1, 0.15) is 0 Å². The van der Waals surface area contributed by atoms with Crippen molar-refractivity contribution in [1.82, 2.24) is 0 Å². The summed E-state index contributed by atoms with van der Waals surface area (Å²) in [6.45, 7) is 4.37. The van der Waals surface area contributed by atoms with Gasteiger partial charge in [-0.3, -0.25) is 0 Å². The monoisotopic (exact) mass is 325 g/mol. The van der Waals surface area contributed by atoms with Crippen LogP contribution in [0.5, 0.6) is 0 Å². The molecule has 3 aromatic carbocycles. The lowest BCUT2D eigenvalue weighted by atomic mass is 9.77. The Labute approximate surface area is 149 Å². The third-order valence-corrected chi connectivity index (χ3v) is 5.32. The molecule has 0 spiro atoms. The van der Waals surface area contributed by atoms with E-state index in [-0.39, 0.29) is 5.41 Å². The topological polar surface area (TPSA) is 23.9 Å². The maximum atomic E-state index is 8.71. The zero-order valence-corrected chi connectivity index (χ0v) is 14.8. The smallest absolute Gasteiger partial charge is 0.0445 e. The molecule has 0 saturated heterocycles. The largest absolute Gasteiger partial charge is 0.304 e. The minimum absolute atomic E-state index is 0.203. The quantitative estimate of drug-likeness (QED) is 0.452. The maximum absolute atomic E-state index is 8.71. The van der Waals surface area contributed by atoms with Crippen LogP contribution >= 0.6 is 0 Å². The molecule has 0 fully saturated rings. The predicted molar refractivity (Wildman–Crippen MR) is 105 cm³/mol. The van der Waals surface area contributed by atoms with Crippen LogP contribution in [0.3, 0.4) is 0 Å². The lowest BCUT2D eigenvalue weighted by Gasteiger charge is -2.27. The lowest BCUT2D eigenvalue weighted by Crippen LogP contribution is -2.27. The highest BCUT2D eigenvalue weighted by Crippen LogP contribution is 2.40. The third kappa shape index (κ3) is 2.80. The first-order valence-corrected chi connectivity index (χ1v) is 8.90. The van der Waals surface area contributed by atoms with Gasteiger partial charge >= 0.3 is 0 Å². The fourth-order valence-corrected chi connectivity index (χ4v) is 3.95. The van der Waals surface area contributed by atoms with Crippen LogP contribution in [-0.4, -0.2) is 5.71 Å². The lowest BCUT2D eigenvalue weighted by molar-refractivity contribution is 0.516. The molecule has 0 bridgehead atoms. The average Bonchev–Trinajstić information content (AvgIpc) is 3.01. The standard InChI is InChI=1S/C24H23N/c1-24(2,23(25)17-9-4-3-5-10-17)16-19-12-8-14-21-20-13-7-6-11-18(20)15-22(19)21/h3-14,25H,15-16H2,1-2H3. The van der Waals surface area contributed by atoms with E-state index in [4.69, 9.17) is 5.41 Å². The molecule has 124 valence electrons. The summed E-state index contributed by atoms with van der Waals surface area (Å²) in [4.78, 5) is 0. The minimum atomic E-state index is -0.203. The summed E-state index contributed by atoms with van der Waals surface area (Å²) in [5, 5.41) is 8.71. The van der Waals surface area contributed by atoms with Crippen LogP contribution in [0, 0.1) is 10.8 Å². The van der Waals surface area contributed by atoms with Crippen molar-refractivity contribution in [1.29, 1.82) is 5.41 Å². The van der Waals surface area contributed by atoms with Crippen LogP contribution in [0.15, 0.2) is 72.8 Å². The van der Waals surface area contributed by atoms with Gasteiger partial charge in [0.25, 0.3) is 0 Å². The summed E-state index contributed by atoms with van der Waals surface area (Å²) in [6, 6.07) is 25.4. The number of nitrogens with one attached hydrogen (secondary N) is 1. The Morgan fingerprint density at radius 2 is 1.52 bits per heavy atom. The van der Waals surface area contributed by atoms with E-state index in [1.807, 2.05) is 30.3 Å². The highest BCUT2D eigenvalue weighted by molar-refractivity contribution is 6.02. The van der Waals surface area contributed by atoms with Gasteiger partial charge in [-0.2, -0.15) is 0 Å². The van der Waals surface area contributed by atoms with Crippen LogP contribution in [0.25, 0.3) is 11.1 Å². The van der Waals surface area contributed by atoms with E-state index in [2.05, 4.69) is 56.3 Å². The van der Waals surface area contributed by atoms with Crippen LogP contribution in [-0.2, 0) is 12.8 Å². The Bertz CT molecular complexity index is 935. The average molecular weight is 325 g/mol. The highest BCUT2D eigenvalue weighted by Gasteiger charge is 2.28. The van der Waals surface area contributed by atoms with E-state index in [1.165, 1.54) is 27.8 Å². The maximum Gasteiger partial charge on any atom is 0.0445 e. The van der Waals surface area contributed by atoms with E-state index in [9.17, 15) is 0 Å². The molecular formula is C24H23N. The number of fused-ring (bicyclic) bond motifs is 3. The van der Waals surface area contributed by atoms with Gasteiger partial charge in [-0.1, -0.05) is 86.6 Å². The van der Waals surface area contributed by atoms with Crippen molar-refractivity contribution in [3.63, 3.8) is 0 Å². The molecule has 1 aliphatic rings. The second kappa shape index (κ2) is 6.00. The molecule has 0 amide bonds. The van der Waals surface area contributed by atoms with Crippen molar-refractivity contribution in [3.8, 4) is 11.1 Å². The summed E-state index contributed by atoms with van der Waals surface area (Å²) in [7, 11) is 0. The molecule has 0 aromatic heterocycles. The number of hydrogen-bond donors (Lipinski definition) is 1. The molecule has 1 aliphatic carbocycles. The van der Waals surface area contributed by atoms with Crippen molar-refractivity contribution in [2.45, 2.75) is 26.7 Å². The van der Waals surface area contributed by atoms with Crippen molar-refractivity contribution in [3.05, 3.63) is 95.1 Å². The van der Waals surface area contributed by atoms with Gasteiger partial charge in [0, 0.05) is 11.1 Å². The predicted octanol–water partition coefficient (Wildman–Crippen LogP) is 5.89. The summed E-state index contributed by atoms with van der Waals surface area (Å²) < 4.78 is 0. The minimum Gasteiger partial charge on any atom is -0.304 e. The molecule has 0 atom stereocenters. The van der Waals surface area contributed by atoms with Crippen molar-refractivity contribution >= 4 is 5.71 Å². The first kappa shape index (κ1) is 15.8. The first-order chi connectivity index (χ1) is 12.1. The first-order valence-electron chi connectivity index (χ1n) is 8.90. The Morgan fingerprint density at radius 3 is 2.32 bits per heavy atom. The molecule has 0 heterocycles. The van der Waals surface area contributed by atoms with Crippen LogP contribution < -0.4 is 0 Å². The van der Waals surface area contributed by atoms with E-state index < -0.39 is 0 Å². The van der Waals surface area contributed by atoms with Gasteiger partial charge in [0.15, 0.2) is 0 Å². The summed E-state index contributed by atoms with van der Waals surface area (Å²) in [5.41, 5.74) is 8.50. The molecule has 1 nitrogen and oxygen atoms in total. The molecule has 3 aromatic rings. The van der Waals surface area contributed by atoms with Gasteiger partial charge in [-0.15, -0.1) is 0 Å². The van der Waals surface area contributed by atoms with Gasteiger partial charge in [0.2, 0.25) is 0 Å². The fourth-order valence-electron chi connectivity index (χ4n) is 3.95. The molecule has 1 N–H and O–H groups in total. The number of benzene rings is 3. The normalized spacial score (nSPS) is 12.6. The Balaban J connectivity index is 1.67. The molecule has 0 aliphatic heterocycles. The number of hydrogen-bond acceptors (Lipinski definition) is 1. The zero-order chi connectivity index (χ0) is 17.4. The molecule has 4 rings (SSSR count). The van der Waals surface area contributed by atoms with Gasteiger partial charge in [-0.25, -0.2) is 0 Å².